The molecule has 2 N–H and O–H groups in total. The van der Waals surface area contributed by atoms with Crippen LogP contribution in [0.2, 0.25) is 0 Å². The number of azide groups is 1. The molecule has 2 heterocycles. The standard InChI is InChI=1S/C9H17N5.2ClH/c10-14-13-8-6-9(12-7-8)2-1-4-11-5-3-9;;/h8,11-12H,1-7H2;2*1H. The van der Waals surface area contributed by atoms with Crippen molar-refractivity contribution in [2.75, 3.05) is 19.6 Å². The molecule has 16 heavy (non-hydrogen) atoms. The first-order chi connectivity index (χ1) is 6.85. The first kappa shape index (κ1) is 15.8. The van der Waals surface area contributed by atoms with E-state index in [1.807, 2.05) is 0 Å². The Morgan fingerprint density at radius 2 is 2.06 bits per heavy atom. The molecule has 2 saturated heterocycles. The van der Waals surface area contributed by atoms with Gasteiger partial charge in [0.25, 0.3) is 0 Å². The summed E-state index contributed by atoms with van der Waals surface area (Å²) in [6.45, 7) is 3.05. The van der Waals surface area contributed by atoms with E-state index in [0.717, 1.165) is 32.5 Å². The first-order valence-electron chi connectivity index (χ1n) is 5.35. The molecule has 0 aromatic carbocycles. The zero-order valence-corrected chi connectivity index (χ0v) is 10.8. The fourth-order valence-electron chi connectivity index (χ4n) is 2.59. The molecule has 2 atom stereocenters. The third-order valence-electron chi connectivity index (χ3n) is 3.34. The number of nitrogens with zero attached hydrogens (tertiary/aromatic N) is 3. The quantitative estimate of drug-likeness (QED) is 0.434. The van der Waals surface area contributed by atoms with E-state index in [-0.39, 0.29) is 36.4 Å². The van der Waals surface area contributed by atoms with Crippen LogP contribution >= 0.6 is 24.8 Å². The van der Waals surface area contributed by atoms with Crippen LogP contribution in [0.4, 0.5) is 0 Å². The van der Waals surface area contributed by atoms with Crippen LogP contribution in [-0.2, 0) is 0 Å². The Hall–Kier alpha value is -0.190. The predicted octanol–water partition coefficient (Wildman–Crippen LogP) is 2.01. The van der Waals surface area contributed by atoms with Gasteiger partial charge in [0, 0.05) is 17.0 Å². The molecule has 0 saturated carbocycles. The molecule has 2 aliphatic heterocycles. The molecular weight excluding hydrogens is 249 g/mol. The van der Waals surface area contributed by atoms with Crippen LogP contribution in [0, 0.1) is 0 Å². The van der Waals surface area contributed by atoms with E-state index in [0.29, 0.717) is 0 Å². The van der Waals surface area contributed by atoms with E-state index >= 15 is 0 Å². The van der Waals surface area contributed by atoms with Crippen molar-refractivity contribution in [1.82, 2.24) is 10.6 Å². The van der Waals surface area contributed by atoms with Crippen LogP contribution < -0.4 is 10.6 Å². The van der Waals surface area contributed by atoms with Crippen molar-refractivity contribution in [3.05, 3.63) is 10.4 Å². The molecule has 2 fully saturated rings. The van der Waals surface area contributed by atoms with Gasteiger partial charge in [-0.05, 0) is 44.3 Å². The maximum Gasteiger partial charge on any atom is 0.0516 e. The van der Waals surface area contributed by atoms with Crippen LogP contribution in [0.1, 0.15) is 25.7 Å². The van der Waals surface area contributed by atoms with Gasteiger partial charge in [0.15, 0.2) is 0 Å². The minimum atomic E-state index is 0. The lowest BCUT2D eigenvalue weighted by atomic mass is 9.88. The van der Waals surface area contributed by atoms with Gasteiger partial charge < -0.3 is 10.6 Å². The first-order valence-corrected chi connectivity index (χ1v) is 5.35. The van der Waals surface area contributed by atoms with Gasteiger partial charge >= 0.3 is 0 Å². The van der Waals surface area contributed by atoms with Gasteiger partial charge in [-0.15, -0.1) is 24.8 Å². The molecule has 5 nitrogen and oxygen atoms in total. The Kier molecular flexibility index (Phi) is 7.11. The van der Waals surface area contributed by atoms with Crippen molar-refractivity contribution >= 4 is 24.8 Å². The number of hydrogen-bond acceptors (Lipinski definition) is 3. The average Bonchev–Trinajstić information content (AvgIpc) is 2.43. The second-order valence-electron chi connectivity index (χ2n) is 4.33. The average molecular weight is 268 g/mol. The summed E-state index contributed by atoms with van der Waals surface area (Å²) < 4.78 is 0. The highest BCUT2D eigenvalue weighted by atomic mass is 35.5. The van der Waals surface area contributed by atoms with Crippen molar-refractivity contribution in [2.24, 2.45) is 5.11 Å². The van der Waals surface area contributed by atoms with E-state index in [9.17, 15) is 0 Å². The highest BCUT2D eigenvalue weighted by Crippen LogP contribution is 2.30. The molecule has 0 aromatic rings. The van der Waals surface area contributed by atoms with E-state index in [4.69, 9.17) is 5.53 Å². The Labute approximate surface area is 108 Å². The molecule has 2 unspecified atom stereocenters. The molecule has 2 rings (SSSR count). The van der Waals surface area contributed by atoms with Crippen LogP contribution in [-0.4, -0.2) is 31.2 Å². The second kappa shape index (κ2) is 7.20. The molecule has 0 radical (unpaired) electrons. The van der Waals surface area contributed by atoms with Crippen molar-refractivity contribution < 1.29 is 0 Å². The van der Waals surface area contributed by atoms with Crippen LogP contribution in [0.3, 0.4) is 0 Å². The summed E-state index contributed by atoms with van der Waals surface area (Å²) in [5.41, 5.74) is 8.64. The molecule has 2 aliphatic rings. The molecule has 0 aromatic heterocycles. The monoisotopic (exact) mass is 267 g/mol. The minimum Gasteiger partial charge on any atom is -0.317 e. The summed E-state index contributed by atoms with van der Waals surface area (Å²) in [5, 5.41) is 10.7. The van der Waals surface area contributed by atoms with Gasteiger partial charge in [0.05, 0.1) is 6.04 Å². The Balaban J connectivity index is 0.00000112. The van der Waals surface area contributed by atoms with E-state index in [1.54, 1.807) is 0 Å². The van der Waals surface area contributed by atoms with Crippen LogP contribution in [0.15, 0.2) is 5.11 Å². The second-order valence-corrected chi connectivity index (χ2v) is 4.33. The van der Waals surface area contributed by atoms with Gasteiger partial charge in [-0.25, -0.2) is 0 Å². The van der Waals surface area contributed by atoms with Crippen molar-refractivity contribution in [1.29, 1.82) is 0 Å². The maximum absolute atomic E-state index is 8.39. The van der Waals surface area contributed by atoms with Crippen molar-refractivity contribution in [3.8, 4) is 0 Å². The summed E-state index contributed by atoms with van der Waals surface area (Å²) in [5.74, 6) is 0. The Bertz CT molecular complexity index is 246. The topological polar surface area (TPSA) is 72.8 Å². The summed E-state index contributed by atoms with van der Waals surface area (Å²) in [6.07, 6.45) is 4.59. The molecule has 0 bridgehead atoms. The summed E-state index contributed by atoms with van der Waals surface area (Å²) in [4.78, 5) is 2.89. The summed E-state index contributed by atoms with van der Waals surface area (Å²) in [7, 11) is 0. The Morgan fingerprint density at radius 3 is 2.81 bits per heavy atom. The van der Waals surface area contributed by atoms with E-state index in [2.05, 4.69) is 20.7 Å². The van der Waals surface area contributed by atoms with Gasteiger partial charge in [0.1, 0.15) is 0 Å². The molecule has 1 spiro atoms. The SMILES string of the molecule is Cl.Cl.[N-]=[N+]=NC1CNC2(CCCNCC2)C1. The highest BCUT2D eigenvalue weighted by Gasteiger charge is 2.37. The normalized spacial score (nSPS) is 33.1. The van der Waals surface area contributed by atoms with Gasteiger partial charge in [-0.3, -0.25) is 0 Å². The van der Waals surface area contributed by atoms with Crippen LogP contribution in [0.5, 0.6) is 0 Å². The highest BCUT2D eigenvalue weighted by molar-refractivity contribution is 5.85. The maximum atomic E-state index is 8.39. The van der Waals surface area contributed by atoms with Gasteiger partial charge in [0.2, 0.25) is 0 Å². The van der Waals surface area contributed by atoms with Crippen molar-refractivity contribution in [3.63, 3.8) is 0 Å². The van der Waals surface area contributed by atoms with Gasteiger partial charge in [-0.2, -0.15) is 0 Å². The zero-order valence-electron chi connectivity index (χ0n) is 9.19. The summed E-state index contributed by atoms with van der Waals surface area (Å²) in [6, 6.07) is 0.165. The summed E-state index contributed by atoms with van der Waals surface area (Å²) >= 11 is 0. The van der Waals surface area contributed by atoms with E-state index in [1.165, 1.54) is 12.8 Å². The lowest BCUT2D eigenvalue weighted by molar-refractivity contribution is 0.334. The number of hydrogen-bond donors (Lipinski definition) is 2. The largest absolute Gasteiger partial charge is 0.317 e. The third-order valence-corrected chi connectivity index (χ3v) is 3.34. The number of nitrogens with one attached hydrogen (secondary N) is 2. The third kappa shape index (κ3) is 3.68. The molecule has 7 heteroatoms. The molecule has 94 valence electrons. The lowest BCUT2D eigenvalue weighted by Gasteiger charge is -2.27. The smallest absolute Gasteiger partial charge is 0.0516 e. The predicted molar refractivity (Wildman–Crippen MR) is 69.5 cm³/mol. The number of rotatable bonds is 1. The minimum absolute atomic E-state index is 0. The van der Waals surface area contributed by atoms with Crippen LogP contribution in [0.25, 0.3) is 10.4 Å². The van der Waals surface area contributed by atoms with Crippen molar-refractivity contribution in [2.45, 2.75) is 37.3 Å². The van der Waals surface area contributed by atoms with Gasteiger partial charge in [-0.1, -0.05) is 5.11 Å². The zero-order chi connectivity index (χ0) is 9.86. The Morgan fingerprint density at radius 1 is 1.25 bits per heavy atom. The fraction of sp³-hybridized carbons (Fsp3) is 1.00. The van der Waals surface area contributed by atoms with E-state index < -0.39 is 0 Å². The molecular formula is C9H19Cl2N5. The molecule has 0 aliphatic carbocycles. The molecule has 0 amide bonds. The lowest BCUT2D eigenvalue weighted by Crippen LogP contribution is -2.40. The fourth-order valence-corrected chi connectivity index (χ4v) is 2.59. The number of halogens is 2.